The average molecular weight is 396 g/mol. The molecule has 114 valence electrons. The molecule has 0 amide bonds. The fraction of sp³-hybridized carbons (Fsp3) is 0.143. The van der Waals surface area contributed by atoms with Crippen LogP contribution in [0, 0.1) is 11.3 Å². The van der Waals surface area contributed by atoms with Gasteiger partial charge in [0, 0.05) is 6.20 Å². The Hall–Kier alpha value is -0.890. The van der Waals surface area contributed by atoms with E-state index in [1.54, 1.807) is 24.3 Å². The van der Waals surface area contributed by atoms with Gasteiger partial charge in [0.05, 0.1) is 27.7 Å². The Morgan fingerprint density at radius 2 is 1.77 bits per heavy atom. The summed E-state index contributed by atoms with van der Waals surface area (Å²) < 4.78 is -1.65. The van der Waals surface area contributed by atoms with Gasteiger partial charge in [0.25, 0.3) is 0 Å². The van der Waals surface area contributed by atoms with Gasteiger partial charge in [0.1, 0.15) is 5.82 Å². The Bertz CT molecular complexity index is 704. The Morgan fingerprint density at radius 1 is 1.14 bits per heavy atom. The molecule has 0 saturated heterocycles. The Labute approximate surface area is 152 Å². The van der Waals surface area contributed by atoms with Crippen LogP contribution in [0.1, 0.15) is 17.2 Å². The molecule has 3 nitrogen and oxygen atoms in total. The molecular weight excluding hydrogens is 387 g/mol. The summed E-state index contributed by atoms with van der Waals surface area (Å²) in [4.78, 5) is 4.09. The largest absolute Gasteiger partial charge is 0.358 e. The molecule has 1 N–H and O–H groups in total. The van der Waals surface area contributed by atoms with Crippen LogP contribution < -0.4 is 5.32 Å². The first kappa shape index (κ1) is 17.5. The van der Waals surface area contributed by atoms with Crippen molar-refractivity contribution < 1.29 is 0 Å². The van der Waals surface area contributed by atoms with Gasteiger partial charge in [-0.25, -0.2) is 4.98 Å². The van der Waals surface area contributed by atoms with Crippen LogP contribution >= 0.6 is 58.0 Å². The van der Waals surface area contributed by atoms with Gasteiger partial charge in [-0.15, -0.1) is 0 Å². The minimum atomic E-state index is -1.65. The van der Waals surface area contributed by atoms with E-state index in [0.29, 0.717) is 27.0 Å². The Kier molecular flexibility index (Phi) is 5.65. The lowest BCUT2D eigenvalue weighted by atomic mass is 10.1. The lowest BCUT2D eigenvalue weighted by Gasteiger charge is -2.27. The number of nitriles is 1. The standard InChI is InChI=1S/C14H8Cl5N3/c15-10-5-11(16)13(21-7-10)22-12(14(17,18)19)9-3-1-8(6-20)2-4-9/h1-5,7,12H,(H,21,22). The first-order chi connectivity index (χ1) is 10.3. The molecule has 1 aromatic carbocycles. The van der Waals surface area contributed by atoms with Gasteiger partial charge in [0.2, 0.25) is 3.79 Å². The maximum atomic E-state index is 8.84. The molecule has 0 fully saturated rings. The predicted molar refractivity (Wildman–Crippen MR) is 92.1 cm³/mol. The zero-order valence-corrected chi connectivity index (χ0v) is 14.6. The monoisotopic (exact) mass is 393 g/mol. The fourth-order valence-corrected chi connectivity index (χ4v) is 2.74. The summed E-state index contributed by atoms with van der Waals surface area (Å²) in [6, 6.07) is 9.52. The second-order valence-corrected chi connectivity index (χ2v) is 7.55. The highest BCUT2D eigenvalue weighted by molar-refractivity contribution is 6.68. The highest BCUT2D eigenvalue weighted by Gasteiger charge is 2.34. The van der Waals surface area contributed by atoms with Gasteiger partial charge >= 0.3 is 0 Å². The molecular formula is C14H8Cl5N3. The molecule has 0 aliphatic rings. The van der Waals surface area contributed by atoms with Crippen molar-refractivity contribution in [1.29, 1.82) is 5.26 Å². The summed E-state index contributed by atoms with van der Waals surface area (Å²) in [7, 11) is 0. The Balaban J connectivity index is 2.36. The van der Waals surface area contributed by atoms with Crippen LogP contribution in [0.2, 0.25) is 10.0 Å². The van der Waals surface area contributed by atoms with E-state index in [0.717, 1.165) is 0 Å². The van der Waals surface area contributed by atoms with Gasteiger partial charge in [-0.1, -0.05) is 70.1 Å². The molecule has 0 radical (unpaired) electrons. The summed E-state index contributed by atoms with van der Waals surface area (Å²) in [6.45, 7) is 0. The van der Waals surface area contributed by atoms with Gasteiger partial charge < -0.3 is 5.32 Å². The summed E-state index contributed by atoms with van der Waals surface area (Å²) in [5.74, 6) is 0.340. The zero-order chi connectivity index (χ0) is 16.3. The molecule has 0 aliphatic heterocycles. The first-order valence-electron chi connectivity index (χ1n) is 5.95. The minimum Gasteiger partial charge on any atom is -0.358 e. The van der Waals surface area contributed by atoms with Gasteiger partial charge in [-0.2, -0.15) is 5.26 Å². The first-order valence-corrected chi connectivity index (χ1v) is 7.84. The van der Waals surface area contributed by atoms with Crippen molar-refractivity contribution in [2.75, 3.05) is 5.32 Å². The number of rotatable bonds is 3. The highest BCUT2D eigenvalue weighted by Crippen LogP contribution is 2.42. The molecule has 0 aliphatic carbocycles. The maximum Gasteiger partial charge on any atom is 0.214 e. The quantitative estimate of drug-likeness (QED) is 0.670. The summed E-state index contributed by atoms with van der Waals surface area (Å²) in [5, 5.41) is 12.5. The van der Waals surface area contributed by atoms with Crippen LogP contribution in [0.5, 0.6) is 0 Å². The zero-order valence-electron chi connectivity index (χ0n) is 10.8. The molecule has 0 spiro atoms. The van der Waals surface area contributed by atoms with E-state index in [2.05, 4.69) is 10.3 Å². The van der Waals surface area contributed by atoms with Crippen LogP contribution in [0.15, 0.2) is 36.5 Å². The van der Waals surface area contributed by atoms with Crippen LogP contribution in [-0.2, 0) is 0 Å². The van der Waals surface area contributed by atoms with Crippen molar-refractivity contribution >= 4 is 63.8 Å². The molecule has 8 heteroatoms. The van der Waals surface area contributed by atoms with Crippen molar-refractivity contribution in [1.82, 2.24) is 4.98 Å². The third-order valence-electron chi connectivity index (χ3n) is 2.79. The van der Waals surface area contributed by atoms with Gasteiger partial charge in [-0.05, 0) is 23.8 Å². The summed E-state index contributed by atoms with van der Waals surface area (Å²) in [5.41, 5.74) is 1.18. The normalized spacial score (nSPS) is 12.5. The average Bonchev–Trinajstić information content (AvgIpc) is 2.45. The molecule has 1 heterocycles. The van der Waals surface area contributed by atoms with E-state index in [-0.39, 0.29) is 0 Å². The van der Waals surface area contributed by atoms with Crippen LogP contribution in [0.25, 0.3) is 0 Å². The molecule has 22 heavy (non-hydrogen) atoms. The molecule has 2 aromatic rings. The number of aromatic nitrogens is 1. The molecule has 1 atom stereocenters. The van der Waals surface area contributed by atoms with Crippen molar-refractivity contribution in [3.05, 3.63) is 57.7 Å². The van der Waals surface area contributed by atoms with Crippen LogP contribution in [0.3, 0.4) is 0 Å². The number of halogens is 5. The number of anilines is 1. The van der Waals surface area contributed by atoms with Crippen LogP contribution in [0.4, 0.5) is 5.82 Å². The number of benzene rings is 1. The van der Waals surface area contributed by atoms with Crippen molar-refractivity contribution in [2.45, 2.75) is 9.83 Å². The number of hydrogen-bond donors (Lipinski definition) is 1. The van der Waals surface area contributed by atoms with Crippen molar-refractivity contribution in [3.8, 4) is 6.07 Å². The third-order valence-corrected chi connectivity index (χ3v) is 3.94. The number of alkyl halides is 3. The molecule has 1 unspecified atom stereocenters. The smallest absolute Gasteiger partial charge is 0.214 e. The number of nitrogens with one attached hydrogen (secondary N) is 1. The summed E-state index contributed by atoms with van der Waals surface area (Å²) >= 11 is 30.0. The second kappa shape index (κ2) is 7.12. The van der Waals surface area contributed by atoms with E-state index in [1.165, 1.54) is 12.3 Å². The molecule has 0 bridgehead atoms. The predicted octanol–water partition coefficient (Wildman–Crippen LogP) is 5.78. The molecule has 1 aromatic heterocycles. The SMILES string of the molecule is N#Cc1ccc(C(Nc2ncc(Cl)cc2Cl)C(Cl)(Cl)Cl)cc1. The molecule has 0 saturated carbocycles. The lowest BCUT2D eigenvalue weighted by Crippen LogP contribution is -2.25. The maximum absolute atomic E-state index is 8.84. The van der Waals surface area contributed by atoms with Gasteiger partial charge in [0.15, 0.2) is 0 Å². The van der Waals surface area contributed by atoms with Gasteiger partial charge in [-0.3, -0.25) is 0 Å². The van der Waals surface area contributed by atoms with Crippen molar-refractivity contribution in [3.63, 3.8) is 0 Å². The number of pyridine rings is 1. The lowest BCUT2D eigenvalue weighted by molar-refractivity contribution is 0.800. The van der Waals surface area contributed by atoms with Crippen LogP contribution in [-0.4, -0.2) is 8.78 Å². The van der Waals surface area contributed by atoms with E-state index in [1.807, 2.05) is 6.07 Å². The van der Waals surface area contributed by atoms with E-state index in [9.17, 15) is 0 Å². The number of hydrogen-bond acceptors (Lipinski definition) is 3. The Morgan fingerprint density at radius 3 is 2.27 bits per heavy atom. The minimum absolute atomic E-state index is 0.306. The molecule has 2 rings (SSSR count). The second-order valence-electron chi connectivity index (χ2n) is 4.34. The number of nitrogens with zero attached hydrogens (tertiary/aromatic N) is 2. The topological polar surface area (TPSA) is 48.7 Å². The summed E-state index contributed by atoms with van der Waals surface area (Å²) in [6.07, 6.45) is 1.43. The van der Waals surface area contributed by atoms with E-state index in [4.69, 9.17) is 63.3 Å². The van der Waals surface area contributed by atoms with Crippen molar-refractivity contribution in [2.24, 2.45) is 0 Å². The van der Waals surface area contributed by atoms with E-state index >= 15 is 0 Å². The van der Waals surface area contributed by atoms with E-state index < -0.39 is 9.83 Å². The fourth-order valence-electron chi connectivity index (χ4n) is 1.76. The highest BCUT2D eigenvalue weighted by atomic mass is 35.6. The third kappa shape index (κ3) is 4.32.